The largest absolute Gasteiger partial charge is 0.351 e. The van der Waals surface area contributed by atoms with E-state index >= 15 is 0 Å². The number of aromatic nitrogens is 4. The van der Waals surface area contributed by atoms with Crippen molar-refractivity contribution >= 4 is 17.5 Å². The molecule has 184 valence electrons. The average Bonchev–Trinajstić information content (AvgIpc) is 3.22. The highest BCUT2D eigenvalue weighted by atomic mass is 16.2. The van der Waals surface area contributed by atoms with Crippen LogP contribution in [-0.2, 0) is 32.7 Å². The SMILES string of the molecule is CCc1cccc(CC)c1NC(=O)c1nn(C)c2c1CCc1cnc(N[C@H]3CC[C@H](N)CC3)nc1-2. The van der Waals surface area contributed by atoms with Gasteiger partial charge in [0.05, 0.1) is 11.4 Å². The molecule has 3 aromatic rings. The van der Waals surface area contributed by atoms with Gasteiger partial charge in [-0.05, 0) is 68.1 Å². The van der Waals surface area contributed by atoms with Crippen LogP contribution in [0.15, 0.2) is 24.4 Å². The first-order valence-electron chi connectivity index (χ1n) is 12.8. The zero-order chi connectivity index (χ0) is 24.5. The van der Waals surface area contributed by atoms with Gasteiger partial charge in [0.2, 0.25) is 5.95 Å². The van der Waals surface area contributed by atoms with Crippen LogP contribution in [0.5, 0.6) is 0 Å². The van der Waals surface area contributed by atoms with Crippen molar-refractivity contribution in [1.29, 1.82) is 0 Å². The van der Waals surface area contributed by atoms with E-state index in [0.717, 1.165) is 90.7 Å². The van der Waals surface area contributed by atoms with E-state index in [9.17, 15) is 4.79 Å². The van der Waals surface area contributed by atoms with Crippen LogP contribution in [0.4, 0.5) is 11.6 Å². The van der Waals surface area contributed by atoms with Gasteiger partial charge < -0.3 is 16.4 Å². The number of nitrogens with one attached hydrogen (secondary N) is 2. The molecule has 35 heavy (non-hydrogen) atoms. The summed E-state index contributed by atoms with van der Waals surface area (Å²) in [5.74, 6) is 0.473. The van der Waals surface area contributed by atoms with Crippen molar-refractivity contribution in [1.82, 2.24) is 19.7 Å². The summed E-state index contributed by atoms with van der Waals surface area (Å²) in [4.78, 5) is 22.9. The number of benzene rings is 1. The second kappa shape index (κ2) is 9.77. The highest BCUT2D eigenvalue weighted by Crippen LogP contribution is 2.35. The Morgan fingerprint density at radius 2 is 1.83 bits per heavy atom. The number of hydrogen-bond acceptors (Lipinski definition) is 6. The van der Waals surface area contributed by atoms with Crippen LogP contribution >= 0.6 is 0 Å². The first kappa shape index (κ1) is 23.5. The molecule has 8 heteroatoms. The van der Waals surface area contributed by atoms with E-state index in [1.54, 1.807) is 4.68 Å². The van der Waals surface area contributed by atoms with E-state index in [1.807, 2.05) is 13.2 Å². The summed E-state index contributed by atoms with van der Waals surface area (Å²) in [6.07, 6.45) is 9.27. The van der Waals surface area contributed by atoms with Crippen LogP contribution < -0.4 is 16.4 Å². The number of para-hydroxylation sites is 1. The Morgan fingerprint density at radius 3 is 2.51 bits per heavy atom. The van der Waals surface area contributed by atoms with Crippen molar-refractivity contribution in [2.75, 3.05) is 10.6 Å². The number of carbonyl (C=O) groups excluding carboxylic acids is 1. The number of nitrogens with two attached hydrogens (primary N) is 1. The summed E-state index contributed by atoms with van der Waals surface area (Å²) in [6, 6.07) is 6.85. The summed E-state index contributed by atoms with van der Waals surface area (Å²) in [7, 11) is 1.89. The van der Waals surface area contributed by atoms with Crippen LogP contribution in [0.25, 0.3) is 11.4 Å². The lowest BCUT2D eigenvalue weighted by molar-refractivity contribution is 0.102. The summed E-state index contributed by atoms with van der Waals surface area (Å²) in [5, 5.41) is 11.3. The smallest absolute Gasteiger partial charge is 0.276 e. The van der Waals surface area contributed by atoms with Gasteiger partial charge in [0.15, 0.2) is 5.69 Å². The van der Waals surface area contributed by atoms with Crippen LogP contribution in [0, 0.1) is 0 Å². The monoisotopic (exact) mass is 473 g/mol. The van der Waals surface area contributed by atoms with E-state index in [4.69, 9.17) is 10.7 Å². The molecule has 0 saturated heterocycles. The van der Waals surface area contributed by atoms with Crippen molar-refractivity contribution in [3.63, 3.8) is 0 Å². The predicted octanol–water partition coefficient (Wildman–Crippen LogP) is 4.03. The van der Waals surface area contributed by atoms with Crippen LogP contribution in [0.2, 0.25) is 0 Å². The van der Waals surface area contributed by atoms with E-state index in [2.05, 4.69) is 52.8 Å². The van der Waals surface area contributed by atoms with E-state index in [-0.39, 0.29) is 5.91 Å². The van der Waals surface area contributed by atoms with Gasteiger partial charge >= 0.3 is 0 Å². The van der Waals surface area contributed by atoms with Gasteiger partial charge in [0, 0.05) is 36.6 Å². The lowest BCUT2D eigenvalue weighted by atomic mass is 9.92. The molecule has 0 radical (unpaired) electrons. The number of nitrogens with zero attached hydrogens (tertiary/aromatic N) is 4. The molecule has 2 heterocycles. The summed E-state index contributed by atoms with van der Waals surface area (Å²) >= 11 is 0. The molecule has 0 bridgehead atoms. The molecule has 1 amide bonds. The minimum Gasteiger partial charge on any atom is -0.351 e. The third-order valence-corrected chi connectivity index (χ3v) is 7.44. The Hall–Kier alpha value is -3.26. The molecule has 8 nitrogen and oxygen atoms in total. The van der Waals surface area contributed by atoms with Gasteiger partial charge in [-0.3, -0.25) is 9.48 Å². The highest BCUT2D eigenvalue weighted by molar-refractivity contribution is 6.05. The predicted molar refractivity (Wildman–Crippen MR) is 139 cm³/mol. The molecule has 1 fully saturated rings. The molecule has 1 saturated carbocycles. The first-order chi connectivity index (χ1) is 17.0. The van der Waals surface area contributed by atoms with Crippen molar-refractivity contribution < 1.29 is 4.79 Å². The molecule has 1 aromatic carbocycles. The quantitative estimate of drug-likeness (QED) is 0.498. The fraction of sp³-hybridized carbons (Fsp3) is 0.481. The third kappa shape index (κ3) is 4.55. The minimum atomic E-state index is -0.160. The Balaban J connectivity index is 1.44. The summed E-state index contributed by atoms with van der Waals surface area (Å²) in [5.41, 5.74) is 13.6. The fourth-order valence-corrected chi connectivity index (χ4v) is 5.43. The normalized spacial score (nSPS) is 19.1. The third-order valence-electron chi connectivity index (χ3n) is 7.44. The molecule has 2 aliphatic rings. The van der Waals surface area contributed by atoms with Gasteiger partial charge in [0.25, 0.3) is 5.91 Å². The van der Waals surface area contributed by atoms with Crippen molar-refractivity contribution in [3.8, 4) is 11.4 Å². The maximum atomic E-state index is 13.5. The number of hydrogen-bond donors (Lipinski definition) is 3. The van der Waals surface area contributed by atoms with Crippen molar-refractivity contribution in [2.45, 2.75) is 77.3 Å². The number of rotatable bonds is 6. The maximum Gasteiger partial charge on any atom is 0.276 e. The molecular weight excluding hydrogens is 438 g/mol. The van der Waals surface area contributed by atoms with Gasteiger partial charge in [-0.15, -0.1) is 0 Å². The van der Waals surface area contributed by atoms with Crippen LogP contribution in [0.1, 0.15) is 72.3 Å². The Kier molecular flexibility index (Phi) is 6.56. The van der Waals surface area contributed by atoms with Crippen LogP contribution in [-0.4, -0.2) is 37.7 Å². The topological polar surface area (TPSA) is 111 Å². The van der Waals surface area contributed by atoms with Crippen molar-refractivity contribution in [3.05, 3.63) is 52.3 Å². The van der Waals surface area contributed by atoms with Crippen LogP contribution in [0.3, 0.4) is 0 Å². The average molecular weight is 474 g/mol. The molecule has 2 aromatic heterocycles. The maximum absolute atomic E-state index is 13.5. The molecule has 0 unspecified atom stereocenters. The molecule has 2 aliphatic carbocycles. The summed E-state index contributed by atoms with van der Waals surface area (Å²) in [6.45, 7) is 4.22. The first-order valence-corrected chi connectivity index (χ1v) is 12.8. The summed E-state index contributed by atoms with van der Waals surface area (Å²) < 4.78 is 1.80. The van der Waals surface area contributed by atoms with Crippen molar-refractivity contribution in [2.24, 2.45) is 12.8 Å². The number of anilines is 2. The number of carbonyl (C=O) groups is 1. The fourth-order valence-electron chi connectivity index (χ4n) is 5.43. The van der Waals surface area contributed by atoms with E-state index in [0.29, 0.717) is 23.7 Å². The number of aryl methyl sites for hydroxylation is 4. The molecule has 0 spiro atoms. The minimum absolute atomic E-state index is 0.160. The van der Waals surface area contributed by atoms with Gasteiger partial charge in [-0.2, -0.15) is 5.10 Å². The molecular formula is C27H35N7O. The second-order valence-electron chi connectivity index (χ2n) is 9.74. The number of fused-ring (bicyclic) bond motifs is 3. The van der Waals surface area contributed by atoms with Gasteiger partial charge in [0.1, 0.15) is 0 Å². The second-order valence-corrected chi connectivity index (χ2v) is 9.74. The van der Waals surface area contributed by atoms with Gasteiger partial charge in [-0.1, -0.05) is 32.0 Å². The lowest BCUT2D eigenvalue weighted by Crippen LogP contribution is -2.33. The van der Waals surface area contributed by atoms with Gasteiger partial charge in [-0.25, -0.2) is 9.97 Å². The zero-order valence-corrected chi connectivity index (χ0v) is 20.9. The Morgan fingerprint density at radius 1 is 1.11 bits per heavy atom. The highest BCUT2D eigenvalue weighted by Gasteiger charge is 2.30. The standard InChI is InChI=1S/C27H35N7O/c1-4-16-7-6-8-17(5-2)22(16)31-26(35)24-21-14-9-18-15-29-27(30-20-12-10-19(28)11-13-20)32-23(18)25(21)34(3)33-24/h6-8,15,19-20H,4-5,9-14,28H2,1-3H3,(H,31,35)(H,29,30,32)/t19-,20-. The number of amides is 1. The molecule has 5 rings (SSSR count). The Bertz CT molecular complexity index is 1220. The lowest BCUT2D eigenvalue weighted by Gasteiger charge is -2.27. The Labute approximate surface area is 206 Å². The zero-order valence-electron chi connectivity index (χ0n) is 20.9. The van der Waals surface area contributed by atoms with E-state index < -0.39 is 0 Å². The molecule has 0 atom stereocenters. The molecule has 0 aliphatic heterocycles. The molecule has 4 N–H and O–H groups in total. The van der Waals surface area contributed by atoms with E-state index in [1.165, 1.54) is 0 Å².